The second-order valence-corrected chi connectivity index (χ2v) is 11.4. The topological polar surface area (TPSA) is 81.2 Å². The van der Waals surface area contributed by atoms with E-state index in [1.807, 2.05) is 66.7 Å². The predicted molar refractivity (Wildman–Crippen MR) is 140 cm³/mol. The molecule has 1 aliphatic rings. The van der Waals surface area contributed by atoms with E-state index in [9.17, 15) is 10.2 Å². The number of hydrogen-bond donors (Lipinski definition) is 2. The van der Waals surface area contributed by atoms with Gasteiger partial charge in [0.25, 0.3) is 0 Å². The van der Waals surface area contributed by atoms with Gasteiger partial charge in [-0.15, -0.1) is 12.4 Å². The standard InChI is InChI=1S/C25H27ClNO4PS.ClH/c26-24-16-23(10-9-20(24)11-12-25(27)13-14-32(29)31(28)18-25)33-22-8-4-7-21(15-22)30-17-19-5-2-1-3-6-19;/h1-10,15-16,29H,11-14,17-18,27H2;1H. The van der Waals surface area contributed by atoms with Crippen LogP contribution in [0.3, 0.4) is 0 Å². The van der Waals surface area contributed by atoms with Gasteiger partial charge in [0.05, 0.1) is 11.7 Å². The van der Waals surface area contributed by atoms with Crippen molar-refractivity contribution in [2.45, 2.75) is 41.2 Å². The highest BCUT2D eigenvalue weighted by molar-refractivity contribution is 7.99. The Hall–Kier alpha value is -1.34. The number of nitrogens with two attached hydrogens (primary N) is 1. The highest BCUT2D eigenvalue weighted by Gasteiger charge is 2.39. The lowest BCUT2D eigenvalue weighted by atomic mass is 9.90. The molecule has 9 heteroatoms. The molecule has 1 aliphatic heterocycles. The first-order chi connectivity index (χ1) is 15.9. The molecule has 0 aromatic heterocycles. The van der Waals surface area contributed by atoms with E-state index >= 15 is 0 Å². The Kier molecular flexibility index (Phi) is 10.1. The fourth-order valence-electron chi connectivity index (χ4n) is 3.69. The zero-order chi connectivity index (χ0) is 23.3. The minimum atomic E-state index is -1.65. The molecule has 182 valence electrons. The molecule has 3 aromatic carbocycles. The van der Waals surface area contributed by atoms with Crippen molar-refractivity contribution < 1.29 is 19.2 Å². The van der Waals surface area contributed by atoms with Crippen molar-refractivity contribution in [3.05, 3.63) is 88.9 Å². The van der Waals surface area contributed by atoms with E-state index in [-0.39, 0.29) is 19.0 Å². The molecule has 3 aromatic rings. The zero-order valence-electron chi connectivity index (χ0n) is 18.6. The van der Waals surface area contributed by atoms with Gasteiger partial charge in [0.1, 0.15) is 12.4 Å². The Labute approximate surface area is 217 Å². The lowest BCUT2D eigenvalue weighted by Crippen LogP contribution is -2.52. The summed E-state index contributed by atoms with van der Waals surface area (Å²) in [5.74, 6) is 0.823. The lowest BCUT2D eigenvalue weighted by Gasteiger charge is -2.39. The summed E-state index contributed by atoms with van der Waals surface area (Å²) < 4.78 is 7.52. The van der Waals surface area contributed by atoms with Crippen LogP contribution in [0.15, 0.2) is 82.6 Å². The largest absolute Gasteiger partial charge is 0.532 e. The average Bonchev–Trinajstić information content (AvgIpc) is 2.81. The molecule has 0 radical (unpaired) electrons. The number of benzene rings is 3. The van der Waals surface area contributed by atoms with Crippen LogP contribution in [0.2, 0.25) is 5.02 Å². The van der Waals surface area contributed by atoms with Gasteiger partial charge < -0.3 is 24.9 Å². The Bertz CT molecular complexity index is 1080. The third-order valence-corrected chi connectivity index (χ3v) is 8.19. The third-order valence-electron chi connectivity index (χ3n) is 5.65. The Morgan fingerprint density at radius 3 is 2.59 bits per heavy atom. The van der Waals surface area contributed by atoms with Crippen molar-refractivity contribution in [2.24, 2.45) is 5.73 Å². The van der Waals surface area contributed by atoms with Crippen molar-refractivity contribution in [3.8, 4) is 5.75 Å². The van der Waals surface area contributed by atoms with Crippen molar-refractivity contribution in [1.29, 1.82) is 0 Å². The lowest BCUT2D eigenvalue weighted by molar-refractivity contribution is -0.741. The van der Waals surface area contributed by atoms with Gasteiger partial charge in [-0.3, -0.25) is 0 Å². The maximum atomic E-state index is 11.7. The molecule has 3 N–H and O–H groups in total. The maximum Gasteiger partial charge on any atom is 0.364 e. The molecule has 1 saturated heterocycles. The van der Waals surface area contributed by atoms with Gasteiger partial charge in [0.15, 0.2) is 6.61 Å². The summed E-state index contributed by atoms with van der Waals surface area (Å²) in [4.78, 5) is 11.8. The molecular weight excluding hydrogens is 512 g/mol. The number of hydrogen-bond acceptors (Lipinski definition) is 5. The molecule has 4 rings (SSSR count). The van der Waals surface area contributed by atoms with Gasteiger partial charge in [0.2, 0.25) is 0 Å². The molecule has 0 spiro atoms. The molecule has 1 fully saturated rings. The molecule has 1 heterocycles. The highest BCUT2D eigenvalue weighted by atomic mass is 35.5. The van der Waals surface area contributed by atoms with E-state index in [4.69, 9.17) is 22.1 Å². The van der Waals surface area contributed by atoms with E-state index in [1.165, 1.54) is 0 Å². The molecule has 0 bridgehead atoms. The first-order valence-corrected chi connectivity index (χ1v) is 13.4. The predicted octanol–water partition coefficient (Wildman–Crippen LogP) is 5.66. The molecule has 0 saturated carbocycles. The van der Waals surface area contributed by atoms with Crippen LogP contribution in [-0.4, -0.2) is 23.2 Å². The van der Waals surface area contributed by atoms with Crippen molar-refractivity contribution in [2.75, 3.05) is 12.8 Å². The second kappa shape index (κ2) is 12.6. The van der Waals surface area contributed by atoms with Gasteiger partial charge in [-0.05, 0) is 60.7 Å². The zero-order valence-corrected chi connectivity index (χ0v) is 21.8. The van der Waals surface area contributed by atoms with Crippen LogP contribution < -0.4 is 15.7 Å². The van der Waals surface area contributed by atoms with E-state index in [0.29, 0.717) is 37.1 Å². The van der Waals surface area contributed by atoms with Gasteiger partial charge >= 0.3 is 8.38 Å². The fourth-order valence-corrected chi connectivity index (χ4v) is 6.19. The van der Waals surface area contributed by atoms with Crippen LogP contribution in [0.4, 0.5) is 0 Å². The van der Waals surface area contributed by atoms with Crippen LogP contribution in [0.5, 0.6) is 5.75 Å². The van der Waals surface area contributed by atoms with Crippen molar-refractivity contribution in [1.82, 2.24) is 0 Å². The fraction of sp³-hybridized carbons (Fsp3) is 0.280. The minimum absolute atomic E-state index is 0. The van der Waals surface area contributed by atoms with Gasteiger partial charge in [0, 0.05) is 14.8 Å². The van der Waals surface area contributed by atoms with Crippen molar-refractivity contribution in [3.63, 3.8) is 0 Å². The first kappa shape index (κ1) is 27.3. The Morgan fingerprint density at radius 1 is 1.09 bits per heavy atom. The van der Waals surface area contributed by atoms with E-state index in [2.05, 4.69) is 6.07 Å². The Morgan fingerprint density at radius 2 is 1.85 bits per heavy atom. The van der Waals surface area contributed by atoms with Crippen LogP contribution in [0.1, 0.15) is 24.0 Å². The summed E-state index contributed by atoms with van der Waals surface area (Å²) in [5.41, 5.74) is 7.91. The monoisotopic (exact) mass is 539 g/mol. The SMILES string of the molecule is Cl.NC1(CCc2ccc(Sc3cccc(OCc4ccccc4)c3)cc2Cl)CCP(O)[O+]([O-])C1. The summed E-state index contributed by atoms with van der Waals surface area (Å²) in [5, 5.41) is 12.4. The molecule has 2 atom stereocenters. The van der Waals surface area contributed by atoms with Crippen LogP contribution in [0, 0.1) is 0 Å². The Balaban J connectivity index is 0.00000324. The van der Waals surface area contributed by atoms with E-state index in [0.717, 1.165) is 26.7 Å². The second-order valence-electron chi connectivity index (χ2n) is 8.26. The number of rotatable bonds is 8. The van der Waals surface area contributed by atoms with Gasteiger partial charge in [-0.1, -0.05) is 65.8 Å². The molecule has 5 nitrogen and oxygen atoms in total. The summed E-state index contributed by atoms with van der Waals surface area (Å²) in [7, 11) is -1.65. The maximum absolute atomic E-state index is 11.7. The molecule has 0 aliphatic carbocycles. The highest BCUT2D eigenvalue weighted by Crippen LogP contribution is 2.44. The smallest absolute Gasteiger partial charge is 0.364 e. The summed E-state index contributed by atoms with van der Waals surface area (Å²) in [6.45, 7) is 0.615. The number of halogens is 2. The van der Waals surface area contributed by atoms with E-state index < -0.39 is 13.9 Å². The quantitative estimate of drug-likeness (QED) is 0.219. The molecule has 34 heavy (non-hydrogen) atoms. The first-order valence-electron chi connectivity index (χ1n) is 10.8. The van der Waals surface area contributed by atoms with E-state index in [1.54, 1.807) is 16.1 Å². The molecule has 0 amide bonds. The van der Waals surface area contributed by atoms with Crippen LogP contribution in [0.25, 0.3) is 0 Å². The van der Waals surface area contributed by atoms with Gasteiger partial charge in [-0.2, -0.15) is 0 Å². The summed E-state index contributed by atoms with van der Waals surface area (Å²) in [6, 6.07) is 24.1. The summed E-state index contributed by atoms with van der Waals surface area (Å²) >= 11 is 8.19. The molecular formula is C25H28Cl2NO4PS. The average molecular weight is 540 g/mol. The van der Waals surface area contributed by atoms with Gasteiger partial charge in [-0.25, -0.2) is 0 Å². The minimum Gasteiger partial charge on any atom is -0.532 e. The third kappa shape index (κ3) is 7.58. The molecule has 2 unspecified atom stereocenters. The van der Waals surface area contributed by atoms with Crippen LogP contribution >= 0.6 is 44.1 Å². The number of ether oxygens (including phenoxy) is 1. The van der Waals surface area contributed by atoms with Crippen LogP contribution in [-0.2, 0) is 17.3 Å². The normalized spacial score (nSPS) is 20.5. The van der Waals surface area contributed by atoms with Crippen molar-refractivity contribution >= 4 is 44.1 Å². The summed E-state index contributed by atoms with van der Waals surface area (Å²) in [6.07, 6.45) is 2.38. The number of aryl methyl sites for hydroxylation is 1.